The Morgan fingerprint density at radius 1 is 1.44 bits per heavy atom. The minimum atomic E-state index is 0.782. The molecule has 3 aromatic rings. The van der Waals surface area contributed by atoms with E-state index in [-0.39, 0.29) is 0 Å². The van der Waals surface area contributed by atoms with Crippen molar-refractivity contribution in [1.29, 1.82) is 0 Å². The summed E-state index contributed by atoms with van der Waals surface area (Å²) in [6.07, 6.45) is 1.84. The zero-order valence-electron chi connectivity index (χ0n) is 9.80. The number of H-pyrrole nitrogens is 1. The minimum Gasteiger partial charge on any atom is -0.399 e. The predicted molar refractivity (Wildman–Crippen MR) is 76.9 cm³/mol. The summed E-state index contributed by atoms with van der Waals surface area (Å²) in [7, 11) is 0. The van der Waals surface area contributed by atoms with Crippen molar-refractivity contribution in [1.82, 2.24) is 15.0 Å². The lowest BCUT2D eigenvalue weighted by Crippen LogP contribution is -1.83. The molecule has 0 aliphatic carbocycles. The smallest absolute Gasteiger partial charge is 0.151 e. The number of hydrogen-bond acceptors (Lipinski definition) is 5. The molecule has 0 radical (unpaired) electrons. The van der Waals surface area contributed by atoms with Crippen LogP contribution in [0.5, 0.6) is 0 Å². The minimum absolute atomic E-state index is 0.782. The van der Waals surface area contributed by atoms with Crippen LogP contribution in [-0.4, -0.2) is 15.0 Å². The molecule has 3 rings (SSSR count). The number of anilines is 1. The maximum absolute atomic E-state index is 5.76. The monoisotopic (exact) mass is 276 g/mol. The third-order valence-corrected chi connectivity index (χ3v) is 4.65. The topological polar surface area (TPSA) is 67.6 Å². The van der Waals surface area contributed by atoms with Gasteiger partial charge in [-0.3, -0.25) is 0 Å². The molecule has 0 bridgehead atoms. The Kier molecular flexibility index (Phi) is 2.97. The van der Waals surface area contributed by atoms with E-state index in [1.165, 1.54) is 0 Å². The average molecular weight is 276 g/mol. The van der Waals surface area contributed by atoms with Crippen molar-refractivity contribution in [3.63, 3.8) is 0 Å². The molecule has 1 aromatic carbocycles. The molecule has 6 heteroatoms. The SMILES string of the molecule is Cc1cnc(CSc2nc3ccc(N)cc3s2)[nH]1. The van der Waals surface area contributed by atoms with E-state index in [9.17, 15) is 0 Å². The summed E-state index contributed by atoms with van der Waals surface area (Å²) in [5, 5.41) is 0. The summed E-state index contributed by atoms with van der Waals surface area (Å²) < 4.78 is 2.18. The Balaban J connectivity index is 1.78. The molecule has 0 spiro atoms. The van der Waals surface area contributed by atoms with Crippen molar-refractivity contribution in [3.05, 3.63) is 35.9 Å². The van der Waals surface area contributed by atoms with Gasteiger partial charge in [0.05, 0.1) is 16.0 Å². The average Bonchev–Trinajstić information content (AvgIpc) is 2.92. The summed E-state index contributed by atoms with van der Waals surface area (Å²) in [5.74, 6) is 1.79. The number of fused-ring (bicyclic) bond motifs is 1. The van der Waals surface area contributed by atoms with Gasteiger partial charge in [-0.05, 0) is 25.1 Å². The van der Waals surface area contributed by atoms with Gasteiger partial charge in [0.15, 0.2) is 4.34 Å². The van der Waals surface area contributed by atoms with Gasteiger partial charge in [-0.15, -0.1) is 11.3 Å². The largest absolute Gasteiger partial charge is 0.399 e. The van der Waals surface area contributed by atoms with Crippen molar-refractivity contribution in [3.8, 4) is 0 Å². The summed E-state index contributed by atoms with van der Waals surface area (Å²) in [5.41, 5.74) is 8.63. The molecule has 0 aliphatic heterocycles. The number of hydrogen-bond donors (Lipinski definition) is 2. The van der Waals surface area contributed by atoms with Crippen LogP contribution in [-0.2, 0) is 5.75 Å². The number of thiazole rings is 1. The Bertz CT molecular complexity index is 686. The fraction of sp³-hybridized carbons (Fsp3) is 0.167. The van der Waals surface area contributed by atoms with Gasteiger partial charge in [0.2, 0.25) is 0 Å². The third-order valence-electron chi connectivity index (χ3n) is 2.48. The maximum Gasteiger partial charge on any atom is 0.151 e. The maximum atomic E-state index is 5.76. The molecule has 4 nitrogen and oxygen atoms in total. The van der Waals surface area contributed by atoms with Crippen molar-refractivity contribution in [2.75, 3.05) is 5.73 Å². The van der Waals surface area contributed by atoms with Crippen molar-refractivity contribution in [2.24, 2.45) is 0 Å². The normalized spacial score (nSPS) is 11.2. The molecule has 2 heterocycles. The molecule has 0 aliphatic rings. The molecular weight excluding hydrogens is 264 g/mol. The first-order chi connectivity index (χ1) is 8.70. The molecule has 18 heavy (non-hydrogen) atoms. The van der Waals surface area contributed by atoms with Gasteiger partial charge in [-0.2, -0.15) is 0 Å². The predicted octanol–water partition coefficient (Wildman–Crippen LogP) is 3.20. The molecule has 0 fully saturated rings. The zero-order valence-corrected chi connectivity index (χ0v) is 11.4. The number of aromatic nitrogens is 3. The quantitative estimate of drug-likeness (QED) is 0.569. The fourth-order valence-electron chi connectivity index (χ4n) is 1.65. The van der Waals surface area contributed by atoms with E-state index in [2.05, 4.69) is 15.0 Å². The van der Waals surface area contributed by atoms with Gasteiger partial charge in [-0.25, -0.2) is 9.97 Å². The summed E-state index contributed by atoms with van der Waals surface area (Å²) in [4.78, 5) is 12.1. The Morgan fingerprint density at radius 3 is 3.11 bits per heavy atom. The second-order valence-corrected chi connectivity index (χ2v) is 6.26. The molecule has 92 valence electrons. The standard InChI is InChI=1S/C12H12N4S2/c1-7-5-14-11(15-7)6-17-12-16-9-3-2-8(13)4-10(9)18-12/h2-5H,6,13H2,1H3,(H,14,15). The number of nitrogens with two attached hydrogens (primary N) is 1. The van der Waals surface area contributed by atoms with Gasteiger partial charge in [0, 0.05) is 17.6 Å². The van der Waals surface area contributed by atoms with Gasteiger partial charge in [-0.1, -0.05) is 11.8 Å². The van der Waals surface area contributed by atoms with E-state index in [1.807, 2.05) is 31.3 Å². The van der Waals surface area contributed by atoms with Crippen molar-refractivity contribution >= 4 is 39.0 Å². The van der Waals surface area contributed by atoms with Crippen LogP contribution in [0.1, 0.15) is 11.5 Å². The van der Waals surface area contributed by atoms with E-state index in [4.69, 9.17) is 5.73 Å². The highest BCUT2D eigenvalue weighted by atomic mass is 32.2. The molecule has 2 aromatic heterocycles. The number of aryl methyl sites for hydroxylation is 1. The van der Waals surface area contributed by atoms with Crippen LogP contribution in [0, 0.1) is 6.92 Å². The highest BCUT2D eigenvalue weighted by Gasteiger charge is 2.06. The molecule has 0 atom stereocenters. The number of benzene rings is 1. The number of aromatic amines is 1. The molecular formula is C12H12N4S2. The van der Waals surface area contributed by atoms with Gasteiger partial charge in [0.25, 0.3) is 0 Å². The lowest BCUT2D eigenvalue weighted by Gasteiger charge is -1.92. The van der Waals surface area contributed by atoms with Crippen LogP contribution < -0.4 is 5.73 Å². The molecule has 0 saturated carbocycles. The van der Waals surface area contributed by atoms with Crippen LogP contribution in [0.25, 0.3) is 10.2 Å². The second-order valence-electron chi connectivity index (χ2n) is 4.01. The van der Waals surface area contributed by atoms with Gasteiger partial charge < -0.3 is 10.7 Å². The summed E-state index contributed by atoms with van der Waals surface area (Å²) in [6.45, 7) is 2.00. The van der Waals surface area contributed by atoms with E-state index in [0.717, 1.165) is 37.5 Å². The summed E-state index contributed by atoms with van der Waals surface area (Å²) >= 11 is 3.36. The van der Waals surface area contributed by atoms with Crippen LogP contribution in [0.2, 0.25) is 0 Å². The van der Waals surface area contributed by atoms with E-state index in [1.54, 1.807) is 23.1 Å². The number of nitrogens with one attached hydrogen (secondary N) is 1. The van der Waals surface area contributed by atoms with Crippen LogP contribution in [0.3, 0.4) is 0 Å². The van der Waals surface area contributed by atoms with Crippen molar-refractivity contribution < 1.29 is 0 Å². The van der Waals surface area contributed by atoms with E-state index in [0.29, 0.717) is 0 Å². The van der Waals surface area contributed by atoms with E-state index >= 15 is 0 Å². The highest BCUT2D eigenvalue weighted by molar-refractivity contribution is 8.00. The first kappa shape index (κ1) is 11.6. The lowest BCUT2D eigenvalue weighted by molar-refractivity contribution is 1.10. The Hall–Kier alpha value is -1.53. The molecule has 0 amide bonds. The van der Waals surface area contributed by atoms with Crippen LogP contribution in [0.15, 0.2) is 28.7 Å². The fourth-order valence-corrected chi connectivity index (χ4v) is 3.65. The molecule has 3 N–H and O–H groups in total. The second kappa shape index (κ2) is 4.62. The number of nitrogen functional groups attached to an aromatic ring is 1. The Labute approximate surface area is 113 Å². The first-order valence-corrected chi connectivity index (χ1v) is 7.30. The number of rotatable bonds is 3. The molecule has 0 unspecified atom stereocenters. The number of thioether (sulfide) groups is 1. The summed E-state index contributed by atoms with van der Waals surface area (Å²) in [6, 6.07) is 5.81. The third kappa shape index (κ3) is 2.34. The first-order valence-electron chi connectivity index (χ1n) is 5.50. The highest BCUT2D eigenvalue weighted by Crippen LogP contribution is 2.31. The number of imidazole rings is 1. The van der Waals surface area contributed by atoms with Crippen molar-refractivity contribution in [2.45, 2.75) is 17.0 Å². The lowest BCUT2D eigenvalue weighted by atomic mass is 10.3. The van der Waals surface area contributed by atoms with E-state index < -0.39 is 0 Å². The van der Waals surface area contributed by atoms with Crippen LogP contribution in [0.4, 0.5) is 5.69 Å². The van der Waals surface area contributed by atoms with Crippen LogP contribution >= 0.6 is 23.1 Å². The molecule has 0 saturated heterocycles. The zero-order chi connectivity index (χ0) is 12.5. The Morgan fingerprint density at radius 2 is 2.33 bits per heavy atom. The number of nitrogens with zero attached hydrogens (tertiary/aromatic N) is 2. The van der Waals surface area contributed by atoms with Gasteiger partial charge in [0.1, 0.15) is 5.82 Å². The van der Waals surface area contributed by atoms with Gasteiger partial charge >= 0.3 is 0 Å².